The number of thiazole rings is 1. The molecule has 1 saturated carbocycles. The molecule has 29 heavy (non-hydrogen) atoms. The quantitative estimate of drug-likeness (QED) is 0.637. The number of hydrogen-bond acceptors (Lipinski definition) is 6. The lowest BCUT2D eigenvalue weighted by atomic mass is 10.1. The van der Waals surface area contributed by atoms with E-state index in [9.17, 15) is 9.00 Å². The van der Waals surface area contributed by atoms with Gasteiger partial charge in [0.1, 0.15) is 4.21 Å². The highest BCUT2D eigenvalue weighted by atomic mass is 32.2. The number of nitrogens with zero attached hydrogens (tertiary/aromatic N) is 3. The lowest BCUT2D eigenvalue weighted by Gasteiger charge is -2.14. The SMILES string of the molecule is Cc1nc(N(C)C(=O)Cc2ccc(-c3ccccn3)cc2)sc1S(=N)(=O)C1CC1. The maximum absolute atomic E-state index is 12.7. The molecule has 1 aliphatic carbocycles. The Labute approximate surface area is 174 Å². The van der Waals surface area contributed by atoms with Crippen LogP contribution >= 0.6 is 11.3 Å². The van der Waals surface area contributed by atoms with Crippen LogP contribution in [0.3, 0.4) is 0 Å². The second-order valence-electron chi connectivity index (χ2n) is 7.21. The Morgan fingerprint density at radius 3 is 2.59 bits per heavy atom. The van der Waals surface area contributed by atoms with Crippen LogP contribution in [0, 0.1) is 11.7 Å². The smallest absolute Gasteiger partial charge is 0.232 e. The highest BCUT2D eigenvalue weighted by Crippen LogP contribution is 2.39. The summed E-state index contributed by atoms with van der Waals surface area (Å²) < 4.78 is 21.5. The molecule has 1 atom stereocenters. The summed E-state index contributed by atoms with van der Waals surface area (Å²) in [7, 11) is -1.14. The maximum Gasteiger partial charge on any atom is 0.232 e. The molecular formula is C21H22N4O2S2. The third kappa shape index (κ3) is 4.09. The summed E-state index contributed by atoms with van der Waals surface area (Å²) in [4.78, 5) is 23.0. The second kappa shape index (κ2) is 7.68. The van der Waals surface area contributed by atoms with Gasteiger partial charge in [0.15, 0.2) is 5.13 Å². The molecule has 1 aliphatic rings. The molecular weight excluding hydrogens is 404 g/mol. The first-order valence-electron chi connectivity index (χ1n) is 9.38. The first-order valence-corrected chi connectivity index (χ1v) is 11.8. The maximum atomic E-state index is 12.7. The van der Waals surface area contributed by atoms with Gasteiger partial charge >= 0.3 is 0 Å². The van der Waals surface area contributed by atoms with Crippen molar-refractivity contribution in [2.45, 2.75) is 35.6 Å². The number of likely N-dealkylation sites (N-methyl/N-ethyl adjacent to an activating group) is 1. The van der Waals surface area contributed by atoms with Crippen LogP contribution < -0.4 is 4.90 Å². The van der Waals surface area contributed by atoms with E-state index in [2.05, 4.69) is 9.97 Å². The summed E-state index contributed by atoms with van der Waals surface area (Å²) >= 11 is 1.20. The lowest BCUT2D eigenvalue weighted by molar-refractivity contribution is -0.117. The van der Waals surface area contributed by atoms with Crippen molar-refractivity contribution in [1.82, 2.24) is 9.97 Å². The first-order chi connectivity index (χ1) is 13.9. The number of anilines is 1. The van der Waals surface area contributed by atoms with Gasteiger partial charge in [-0.3, -0.25) is 14.7 Å². The zero-order valence-electron chi connectivity index (χ0n) is 16.3. The minimum absolute atomic E-state index is 0.0619. The minimum atomic E-state index is -2.81. The van der Waals surface area contributed by atoms with Gasteiger partial charge in [-0.15, -0.1) is 0 Å². The van der Waals surface area contributed by atoms with Crippen molar-refractivity contribution in [3.63, 3.8) is 0 Å². The predicted molar refractivity (Wildman–Crippen MR) is 116 cm³/mol. The van der Waals surface area contributed by atoms with E-state index in [1.165, 1.54) is 16.2 Å². The van der Waals surface area contributed by atoms with Gasteiger partial charge < -0.3 is 0 Å². The number of amides is 1. The van der Waals surface area contributed by atoms with Gasteiger partial charge in [-0.1, -0.05) is 41.7 Å². The number of rotatable bonds is 6. The van der Waals surface area contributed by atoms with Crippen LogP contribution in [0.2, 0.25) is 0 Å². The third-order valence-electron chi connectivity index (χ3n) is 4.94. The third-order valence-corrected chi connectivity index (χ3v) is 9.22. The zero-order valence-corrected chi connectivity index (χ0v) is 17.9. The van der Waals surface area contributed by atoms with E-state index in [0.717, 1.165) is 29.7 Å². The molecule has 8 heteroatoms. The molecule has 0 bridgehead atoms. The van der Waals surface area contributed by atoms with E-state index in [1.54, 1.807) is 20.2 Å². The normalized spacial score (nSPS) is 15.7. The molecule has 2 heterocycles. The number of nitrogens with one attached hydrogen (secondary N) is 1. The van der Waals surface area contributed by atoms with E-state index < -0.39 is 9.73 Å². The number of aromatic nitrogens is 2. The lowest BCUT2D eigenvalue weighted by Crippen LogP contribution is -2.27. The van der Waals surface area contributed by atoms with Gasteiger partial charge in [0.2, 0.25) is 5.91 Å². The molecule has 1 N–H and O–H groups in total. The largest absolute Gasteiger partial charge is 0.291 e. The van der Waals surface area contributed by atoms with Gasteiger partial charge in [0.25, 0.3) is 0 Å². The molecule has 1 amide bonds. The van der Waals surface area contributed by atoms with E-state index in [-0.39, 0.29) is 17.6 Å². The summed E-state index contributed by atoms with van der Waals surface area (Å²) in [5, 5.41) is 0.432. The average Bonchev–Trinajstić information content (AvgIpc) is 3.51. The Hall–Kier alpha value is -2.58. The van der Waals surface area contributed by atoms with E-state index in [1.807, 2.05) is 42.5 Å². The molecule has 4 rings (SSSR count). The number of benzene rings is 1. The van der Waals surface area contributed by atoms with Gasteiger partial charge in [0.05, 0.1) is 27.5 Å². The van der Waals surface area contributed by atoms with Crippen LogP contribution in [-0.4, -0.2) is 32.4 Å². The van der Waals surface area contributed by atoms with Crippen molar-refractivity contribution in [3.8, 4) is 11.3 Å². The Balaban J connectivity index is 1.47. The van der Waals surface area contributed by atoms with Crippen molar-refractivity contribution in [3.05, 3.63) is 59.9 Å². The number of hydrogen-bond donors (Lipinski definition) is 1. The molecule has 0 radical (unpaired) electrons. The predicted octanol–water partition coefficient (Wildman–Crippen LogP) is 4.29. The van der Waals surface area contributed by atoms with Crippen LogP contribution in [0.5, 0.6) is 0 Å². The van der Waals surface area contributed by atoms with Gasteiger partial charge in [0, 0.05) is 24.1 Å². The van der Waals surface area contributed by atoms with Crippen molar-refractivity contribution in [2.75, 3.05) is 11.9 Å². The van der Waals surface area contributed by atoms with Crippen LogP contribution in [-0.2, 0) is 20.9 Å². The van der Waals surface area contributed by atoms with Crippen molar-refractivity contribution in [2.24, 2.45) is 0 Å². The Morgan fingerprint density at radius 1 is 1.24 bits per heavy atom. The fourth-order valence-corrected chi connectivity index (χ4v) is 6.57. The molecule has 1 unspecified atom stereocenters. The molecule has 0 aliphatic heterocycles. The summed E-state index contributed by atoms with van der Waals surface area (Å²) in [6.07, 6.45) is 3.66. The first kappa shape index (κ1) is 19.7. The Kier molecular flexibility index (Phi) is 5.23. The van der Waals surface area contributed by atoms with Gasteiger partial charge in [-0.2, -0.15) is 0 Å². The number of aryl methyl sites for hydroxylation is 1. The average molecular weight is 427 g/mol. The Bertz CT molecular complexity index is 1140. The van der Waals surface area contributed by atoms with Crippen molar-refractivity contribution in [1.29, 1.82) is 4.78 Å². The van der Waals surface area contributed by atoms with Crippen molar-refractivity contribution < 1.29 is 9.00 Å². The molecule has 0 saturated heterocycles. The minimum Gasteiger partial charge on any atom is -0.291 e. The summed E-state index contributed by atoms with van der Waals surface area (Å²) in [6, 6.07) is 13.5. The summed E-state index contributed by atoms with van der Waals surface area (Å²) in [5.41, 5.74) is 3.39. The molecule has 150 valence electrons. The molecule has 2 aromatic heterocycles. The van der Waals surface area contributed by atoms with E-state index in [0.29, 0.717) is 15.0 Å². The molecule has 6 nitrogen and oxygen atoms in total. The van der Waals surface area contributed by atoms with Crippen LogP contribution in [0.4, 0.5) is 5.13 Å². The molecule has 3 aromatic rings. The molecule has 1 fully saturated rings. The zero-order chi connectivity index (χ0) is 20.6. The van der Waals surface area contributed by atoms with Crippen LogP contribution in [0.25, 0.3) is 11.3 Å². The van der Waals surface area contributed by atoms with Crippen LogP contribution in [0.1, 0.15) is 24.1 Å². The fourth-order valence-electron chi connectivity index (χ4n) is 3.07. The van der Waals surface area contributed by atoms with Gasteiger partial charge in [-0.05, 0) is 37.5 Å². The number of carbonyl (C=O) groups is 1. The number of pyridine rings is 1. The van der Waals surface area contributed by atoms with Gasteiger partial charge in [-0.25, -0.2) is 14.0 Å². The monoisotopic (exact) mass is 426 g/mol. The van der Waals surface area contributed by atoms with Crippen molar-refractivity contribution >= 4 is 32.1 Å². The second-order valence-corrected chi connectivity index (χ2v) is 10.7. The standard InChI is InChI=1S/C21H22N4O2S2/c1-14-20(29(22,27)17-10-11-17)28-21(24-14)25(2)19(26)13-15-6-8-16(9-7-15)18-5-3-4-12-23-18/h3-9,12,17,22H,10-11,13H2,1-2H3. The summed E-state index contributed by atoms with van der Waals surface area (Å²) in [5.74, 6) is -0.0983. The topological polar surface area (TPSA) is 87.0 Å². The summed E-state index contributed by atoms with van der Waals surface area (Å²) in [6.45, 7) is 1.76. The highest BCUT2D eigenvalue weighted by Gasteiger charge is 2.36. The number of carbonyl (C=O) groups excluding carboxylic acids is 1. The molecule has 0 spiro atoms. The molecule has 1 aromatic carbocycles. The Morgan fingerprint density at radius 2 is 1.97 bits per heavy atom. The van der Waals surface area contributed by atoms with E-state index in [4.69, 9.17) is 4.78 Å². The van der Waals surface area contributed by atoms with E-state index >= 15 is 0 Å². The highest BCUT2D eigenvalue weighted by molar-refractivity contribution is 7.95. The van der Waals surface area contributed by atoms with Crippen LogP contribution in [0.15, 0.2) is 52.9 Å². The fraction of sp³-hybridized carbons (Fsp3) is 0.286.